The minimum absolute atomic E-state index is 0.0200. The van der Waals surface area contributed by atoms with E-state index in [0.29, 0.717) is 12.0 Å². The fourth-order valence-corrected chi connectivity index (χ4v) is 3.63. The maximum atomic E-state index is 10.2. The van der Waals surface area contributed by atoms with Crippen molar-refractivity contribution < 1.29 is 5.11 Å². The van der Waals surface area contributed by atoms with E-state index in [-0.39, 0.29) is 6.10 Å². The van der Waals surface area contributed by atoms with E-state index in [2.05, 4.69) is 18.7 Å². The monoisotopic (exact) mass is 239 g/mol. The SMILES string of the molecule is CC(C)CCN1CCCC1C1CCCCC1O. The van der Waals surface area contributed by atoms with Crippen LogP contribution in [0.25, 0.3) is 0 Å². The molecule has 3 atom stereocenters. The van der Waals surface area contributed by atoms with Gasteiger partial charge in [0.25, 0.3) is 0 Å². The van der Waals surface area contributed by atoms with Crippen molar-refractivity contribution in [3.63, 3.8) is 0 Å². The summed E-state index contributed by atoms with van der Waals surface area (Å²) in [7, 11) is 0. The number of hydrogen-bond donors (Lipinski definition) is 1. The third-order valence-corrected chi connectivity index (χ3v) is 4.68. The maximum Gasteiger partial charge on any atom is 0.0583 e. The van der Waals surface area contributed by atoms with E-state index in [4.69, 9.17) is 0 Å². The molecule has 1 aliphatic heterocycles. The lowest BCUT2D eigenvalue weighted by atomic mass is 9.80. The van der Waals surface area contributed by atoms with Gasteiger partial charge in [-0.3, -0.25) is 0 Å². The number of nitrogens with zero attached hydrogens (tertiary/aromatic N) is 1. The first-order valence-corrected chi connectivity index (χ1v) is 7.60. The molecule has 3 unspecified atom stereocenters. The first kappa shape index (κ1) is 13.4. The average Bonchev–Trinajstić information content (AvgIpc) is 2.75. The molecule has 2 fully saturated rings. The molecule has 1 aliphatic carbocycles. The normalized spacial score (nSPS) is 35.6. The molecule has 1 heterocycles. The Morgan fingerprint density at radius 1 is 1.12 bits per heavy atom. The maximum absolute atomic E-state index is 10.2. The Balaban J connectivity index is 1.89. The van der Waals surface area contributed by atoms with Crippen LogP contribution in [0, 0.1) is 11.8 Å². The Morgan fingerprint density at radius 3 is 2.59 bits per heavy atom. The summed E-state index contributed by atoms with van der Waals surface area (Å²) in [5.41, 5.74) is 0. The zero-order chi connectivity index (χ0) is 12.3. The van der Waals surface area contributed by atoms with Gasteiger partial charge in [-0.1, -0.05) is 26.7 Å². The van der Waals surface area contributed by atoms with Crippen LogP contribution in [-0.4, -0.2) is 35.2 Å². The zero-order valence-corrected chi connectivity index (χ0v) is 11.6. The molecule has 2 heteroatoms. The van der Waals surface area contributed by atoms with Crippen molar-refractivity contribution in [2.75, 3.05) is 13.1 Å². The minimum atomic E-state index is -0.0200. The molecule has 0 aromatic rings. The quantitative estimate of drug-likeness (QED) is 0.815. The van der Waals surface area contributed by atoms with Gasteiger partial charge in [-0.05, 0) is 51.1 Å². The summed E-state index contributed by atoms with van der Waals surface area (Å²) < 4.78 is 0. The Hall–Kier alpha value is -0.0800. The Labute approximate surface area is 106 Å². The lowest BCUT2D eigenvalue weighted by molar-refractivity contribution is 0.0212. The van der Waals surface area contributed by atoms with E-state index < -0.39 is 0 Å². The second kappa shape index (κ2) is 6.19. The summed E-state index contributed by atoms with van der Waals surface area (Å²) in [5, 5.41) is 10.2. The Kier molecular flexibility index (Phi) is 4.87. The van der Waals surface area contributed by atoms with Crippen LogP contribution >= 0.6 is 0 Å². The van der Waals surface area contributed by atoms with Crippen LogP contribution in [0.3, 0.4) is 0 Å². The van der Waals surface area contributed by atoms with Gasteiger partial charge in [0.2, 0.25) is 0 Å². The standard InChI is InChI=1S/C15H29NO/c1-12(2)9-11-16-10-5-7-14(16)13-6-3-4-8-15(13)17/h12-15,17H,3-11H2,1-2H3. The molecule has 1 saturated carbocycles. The van der Waals surface area contributed by atoms with Gasteiger partial charge in [0.05, 0.1) is 6.10 Å². The fourth-order valence-electron chi connectivity index (χ4n) is 3.63. The molecular formula is C15H29NO. The smallest absolute Gasteiger partial charge is 0.0583 e. The van der Waals surface area contributed by atoms with Crippen molar-refractivity contribution in [1.29, 1.82) is 0 Å². The first-order chi connectivity index (χ1) is 8.18. The molecule has 17 heavy (non-hydrogen) atoms. The highest BCUT2D eigenvalue weighted by molar-refractivity contribution is 4.90. The third-order valence-electron chi connectivity index (χ3n) is 4.68. The van der Waals surface area contributed by atoms with Crippen molar-refractivity contribution in [2.24, 2.45) is 11.8 Å². The lowest BCUT2D eigenvalue weighted by Crippen LogP contribution is -2.43. The van der Waals surface area contributed by atoms with Crippen LogP contribution in [0.2, 0.25) is 0 Å². The average molecular weight is 239 g/mol. The predicted octanol–water partition coefficient (Wildman–Crippen LogP) is 3.05. The summed E-state index contributed by atoms with van der Waals surface area (Å²) in [6.07, 6.45) is 8.80. The van der Waals surface area contributed by atoms with E-state index in [9.17, 15) is 5.11 Å². The van der Waals surface area contributed by atoms with Crippen LogP contribution in [0.5, 0.6) is 0 Å². The fraction of sp³-hybridized carbons (Fsp3) is 1.00. The van der Waals surface area contributed by atoms with Crippen LogP contribution in [0.15, 0.2) is 0 Å². The van der Waals surface area contributed by atoms with E-state index in [1.165, 1.54) is 51.6 Å². The molecular weight excluding hydrogens is 210 g/mol. The van der Waals surface area contributed by atoms with Crippen molar-refractivity contribution in [3.8, 4) is 0 Å². The molecule has 2 rings (SSSR count). The van der Waals surface area contributed by atoms with Crippen molar-refractivity contribution >= 4 is 0 Å². The molecule has 0 aromatic carbocycles. The van der Waals surface area contributed by atoms with Crippen molar-refractivity contribution in [1.82, 2.24) is 4.90 Å². The summed E-state index contributed by atoms with van der Waals surface area (Å²) in [4.78, 5) is 2.67. The first-order valence-electron chi connectivity index (χ1n) is 7.60. The summed E-state index contributed by atoms with van der Waals surface area (Å²) in [5.74, 6) is 1.37. The van der Waals surface area contributed by atoms with Gasteiger partial charge in [0.1, 0.15) is 0 Å². The third kappa shape index (κ3) is 3.45. The van der Waals surface area contributed by atoms with Gasteiger partial charge in [-0.2, -0.15) is 0 Å². The van der Waals surface area contributed by atoms with Gasteiger partial charge < -0.3 is 10.0 Å². The van der Waals surface area contributed by atoms with Gasteiger partial charge >= 0.3 is 0 Å². The molecule has 0 spiro atoms. The highest BCUT2D eigenvalue weighted by Crippen LogP contribution is 2.34. The molecule has 0 bridgehead atoms. The molecule has 2 nitrogen and oxygen atoms in total. The van der Waals surface area contributed by atoms with Crippen LogP contribution in [-0.2, 0) is 0 Å². The zero-order valence-electron chi connectivity index (χ0n) is 11.6. The van der Waals surface area contributed by atoms with E-state index >= 15 is 0 Å². The summed E-state index contributed by atoms with van der Waals surface area (Å²) >= 11 is 0. The Morgan fingerprint density at radius 2 is 1.88 bits per heavy atom. The summed E-state index contributed by atoms with van der Waals surface area (Å²) in [6, 6.07) is 0.684. The molecule has 100 valence electrons. The Bertz CT molecular complexity index is 229. The van der Waals surface area contributed by atoms with Gasteiger partial charge in [0.15, 0.2) is 0 Å². The number of hydrogen-bond acceptors (Lipinski definition) is 2. The topological polar surface area (TPSA) is 23.5 Å². The number of rotatable bonds is 4. The van der Waals surface area contributed by atoms with Crippen LogP contribution in [0.4, 0.5) is 0 Å². The van der Waals surface area contributed by atoms with Crippen LogP contribution in [0.1, 0.15) is 58.8 Å². The second-order valence-electron chi connectivity index (χ2n) is 6.44. The summed E-state index contributed by atoms with van der Waals surface area (Å²) in [6.45, 7) is 7.12. The molecule has 0 radical (unpaired) electrons. The second-order valence-corrected chi connectivity index (χ2v) is 6.44. The van der Waals surface area contributed by atoms with E-state index in [1.54, 1.807) is 0 Å². The molecule has 2 aliphatic rings. The van der Waals surface area contributed by atoms with Gasteiger partial charge in [-0.25, -0.2) is 0 Å². The predicted molar refractivity (Wildman–Crippen MR) is 72.0 cm³/mol. The van der Waals surface area contributed by atoms with Gasteiger partial charge in [-0.15, -0.1) is 0 Å². The lowest BCUT2D eigenvalue weighted by Gasteiger charge is -2.37. The van der Waals surface area contributed by atoms with Crippen LogP contribution < -0.4 is 0 Å². The molecule has 0 amide bonds. The van der Waals surface area contributed by atoms with Gasteiger partial charge in [0, 0.05) is 12.0 Å². The van der Waals surface area contributed by atoms with Crippen molar-refractivity contribution in [2.45, 2.75) is 70.9 Å². The van der Waals surface area contributed by atoms with E-state index in [1.807, 2.05) is 0 Å². The largest absolute Gasteiger partial charge is 0.393 e. The highest BCUT2D eigenvalue weighted by atomic mass is 16.3. The highest BCUT2D eigenvalue weighted by Gasteiger charge is 2.36. The number of aliphatic hydroxyl groups excluding tert-OH is 1. The minimum Gasteiger partial charge on any atom is -0.393 e. The molecule has 1 N–H and O–H groups in total. The number of aliphatic hydroxyl groups is 1. The van der Waals surface area contributed by atoms with E-state index in [0.717, 1.165) is 12.3 Å². The molecule has 1 saturated heterocycles. The molecule has 0 aromatic heterocycles. The number of likely N-dealkylation sites (tertiary alicyclic amines) is 1. The van der Waals surface area contributed by atoms with Crippen molar-refractivity contribution in [3.05, 3.63) is 0 Å².